The van der Waals surface area contributed by atoms with E-state index in [4.69, 9.17) is 5.73 Å². The van der Waals surface area contributed by atoms with Gasteiger partial charge in [-0.25, -0.2) is 0 Å². The second-order valence-electron chi connectivity index (χ2n) is 7.11. The molecule has 2 aromatic rings. The Kier molecular flexibility index (Phi) is 4.77. The minimum atomic E-state index is -0.723. The van der Waals surface area contributed by atoms with Gasteiger partial charge in [-0.05, 0) is 35.6 Å². The van der Waals surface area contributed by atoms with Gasteiger partial charge in [0.15, 0.2) is 0 Å². The van der Waals surface area contributed by atoms with Gasteiger partial charge in [0.2, 0.25) is 11.8 Å². The SMILES string of the molecule is C=CCN1C[C@@H]2C[C@@H](C(N)=O)N(C(=O)Cc3cccs3)c3cccc(c32)C1=O. The van der Waals surface area contributed by atoms with Crippen molar-refractivity contribution in [3.05, 3.63) is 64.4 Å². The highest BCUT2D eigenvalue weighted by molar-refractivity contribution is 7.10. The summed E-state index contributed by atoms with van der Waals surface area (Å²) in [5.41, 5.74) is 7.76. The molecule has 1 aromatic carbocycles. The summed E-state index contributed by atoms with van der Waals surface area (Å²) in [7, 11) is 0. The molecule has 2 aliphatic rings. The van der Waals surface area contributed by atoms with Crippen molar-refractivity contribution >= 4 is 34.7 Å². The predicted molar refractivity (Wildman–Crippen MR) is 108 cm³/mol. The van der Waals surface area contributed by atoms with Gasteiger partial charge in [-0.3, -0.25) is 19.3 Å². The van der Waals surface area contributed by atoms with Crippen molar-refractivity contribution in [3.8, 4) is 0 Å². The van der Waals surface area contributed by atoms with E-state index in [2.05, 4.69) is 6.58 Å². The summed E-state index contributed by atoms with van der Waals surface area (Å²) in [5.74, 6) is -0.815. The van der Waals surface area contributed by atoms with Crippen molar-refractivity contribution in [2.24, 2.45) is 5.73 Å². The van der Waals surface area contributed by atoms with E-state index < -0.39 is 11.9 Å². The van der Waals surface area contributed by atoms with Crippen LogP contribution in [0.4, 0.5) is 5.69 Å². The van der Waals surface area contributed by atoms with Gasteiger partial charge in [-0.1, -0.05) is 18.2 Å². The van der Waals surface area contributed by atoms with Crippen LogP contribution in [-0.2, 0) is 16.0 Å². The van der Waals surface area contributed by atoms with Crippen molar-refractivity contribution in [2.45, 2.75) is 24.8 Å². The van der Waals surface area contributed by atoms with E-state index in [1.54, 1.807) is 23.1 Å². The Balaban J connectivity index is 1.79. The zero-order valence-electron chi connectivity index (χ0n) is 15.3. The molecule has 6 nitrogen and oxygen atoms in total. The number of benzene rings is 1. The number of carbonyl (C=O) groups is 3. The van der Waals surface area contributed by atoms with Gasteiger partial charge in [0, 0.05) is 35.1 Å². The van der Waals surface area contributed by atoms with Crippen LogP contribution in [0.3, 0.4) is 0 Å². The minimum Gasteiger partial charge on any atom is -0.368 e. The number of amides is 3. The molecule has 0 saturated heterocycles. The van der Waals surface area contributed by atoms with E-state index in [0.717, 1.165) is 10.4 Å². The fourth-order valence-electron chi connectivity index (χ4n) is 4.24. The third-order valence-electron chi connectivity index (χ3n) is 5.38. The molecule has 0 spiro atoms. The third-order valence-corrected chi connectivity index (χ3v) is 6.26. The van der Waals surface area contributed by atoms with E-state index >= 15 is 0 Å². The number of hydrogen-bond acceptors (Lipinski definition) is 4. The van der Waals surface area contributed by atoms with Crippen LogP contribution in [0, 0.1) is 0 Å². The highest BCUT2D eigenvalue weighted by atomic mass is 32.1. The van der Waals surface area contributed by atoms with Crippen molar-refractivity contribution in [1.29, 1.82) is 0 Å². The molecule has 0 bridgehead atoms. The molecule has 3 amide bonds. The van der Waals surface area contributed by atoms with Crippen LogP contribution in [-0.4, -0.2) is 41.8 Å². The maximum Gasteiger partial charge on any atom is 0.254 e. The summed E-state index contributed by atoms with van der Waals surface area (Å²) in [6.07, 6.45) is 2.31. The monoisotopic (exact) mass is 395 g/mol. The second kappa shape index (κ2) is 7.24. The van der Waals surface area contributed by atoms with E-state index in [9.17, 15) is 14.4 Å². The number of primary amides is 1. The molecular formula is C21H21N3O3S. The topological polar surface area (TPSA) is 83.7 Å². The lowest BCUT2D eigenvalue weighted by Gasteiger charge is -2.44. The quantitative estimate of drug-likeness (QED) is 0.789. The Bertz CT molecular complexity index is 954. The largest absolute Gasteiger partial charge is 0.368 e. The summed E-state index contributed by atoms with van der Waals surface area (Å²) in [6.45, 7) is 4.66. The molecule has 0 saturated carbocycles. The van der Waals surface area contributed by atoms with E-state index in [-0.39, 0.29) is 24.2 Å². The summed E-state index contributed by atoms with van der Waals surface area (Å²) in [6, 6.07) is 8.42. The Morgan fingerprint density at radius 1 is 1.29 bits per heavy atom. The molecule has 4 rings (SSSR count). The van der Waals surface area contributed by atoms with Crippen molar-refractivity contribution in [2.75, 3.05) is 18.0 Å². The van der Waals surface area contributed by atoms with Gasteiger partial charge < -0.3 is 10.6 Å². The molecule has 0 radical (unpaired) electrons. The average Bonchev–Trinajstić information content (AvgIpc) is 3.18. The van der Waals surface area contributed by atoms with Crippen LogP contribution >= 0.6 is 11.3 Å². The standard InChI is InChI=1S/C21H21N3O3S/c1-2-8-23-12-13-10-17(20(22)26)24(18(25)11-14-5-4-9-28-14)16-7-3-6-15(19(13)16)21(23)27/h2-7,9,13,17H,1,8,10-12H2,(H2,22,26)/t13-,17-/m0/s1. The fourth-order valence-corrected chi connectivity index (χ4v) is 4.93. The van der Waals surface area contributed by atoms with Gasteiger partial charge in [-0.15, -0.1) is 17.9 Å². The van der Waals surface area contributed by atoms with Crippen LogP contribution in [0.15, 0.2) is 48.4 Å². The first kappa shape index (κ1) is 18.4. The van der Waals surface area contributed by atoms with Crippen LogP contribution in [0.25, 0.3) is 0 Å². The number of hydrogen-bond donors (Lipinski definition) is 1. The fraction of sp³-hybridized carbons (Fsp3) is 0.286. The van der Waals surface area contributed by atoms with E-state index in [1.165, 1.54) is 16.2 Å². The first-order valence-corrected chi connectivity index (χ1v) is 10.1. The van der Waals surface area contributed by atoms with Crippen molar-refractivity contribution in [3.63, 3.8) is 0 Å². The van der Waals surface area contributed by atoms with Gasteiger partial charge in [0.25, 0.3) is 5.91 Å². The molecule has 144 valence electrons. The van der Waals surface area contributed by atoms with E-state index in [1.807, 2.05) is 23.6 Å². The smallest absolute Gasteiger partial charge is 0.254 e. The first-order valence-electron chi connectivity index (χ1n) is 9.18. The zero-order chi connectivity index (χ0) is 19.8. The second-order valence-corrected chi connectivity index (χ2v) is 8.14. The number of nitrogens with two attached hydrogens (primary N) is 1. The molecule has 7 heteroatoms. The summed E-state index contributed by atoms with van der Waals surface area (Å²) >= 11 is 1.50. The summed E-state index contributed by atoms with van der Waals surface area (Å²) in [5, 5.41) is 1.91. The van der Waals surface area contributed by atoms with Gasteiger partial charge >= 0.3 is 0 Å². The third kappa shape index (κ3) is 3.01. The van der Waals surface area contributed by atoms with Crippen LogP contribution in [0.2, 0.25) is 0 Å². The maximum absolute atomic E-state index is 13.1. The van der Waals surface area contributed by atoms with Crippen molar-refractivity contribution in [1.82, 2.24) is 4.90 Å². The maximum atomic E-state index is 13.1. The van der Waals surface area contributed by atoms with Crippen LogP contribution < -0.4 is 10.6 Å². The number of thiophene rings is 1. The molecule has 0 aliphatic carbocycles. The highest BCUT2D eigenvalue weighted by Crippen LogP contribution is 2.44. The number of anilines is 1. The molecule has 2 atom stereocenters. The number of carbonyl (C=O) groups excluding carboxylic acids is 3. The molecule has 2 aliphatic heterocycles. The van der Waals surface area contributed by atoms with E-state index in [0.29, 0.717) is 30.8 Å². The summed E-state index contributed by atoms with van der Waals surface area (Å²) in [4.78, 5) is 42.4. The van der Waals surface area contributed by atoms with Gasteiger partial charge in [-0.2, -0.15) is 0 Å². The Morgan fingerprint density at radius 3 is 2.79 bits per heavy atom. The lowest BCUT2D eigenvalue weighted by molar-refractivity contribution is -0.124. The Labute approximate surface area is 167 Å². The first-order chi connectivity index (χ1) is 13.5. The number of nitrogens with zero attached hydrogens (tertiary/aromatic N) is 2. The normalized spacial score (nSPS) is 20.6. The molecule has 2 N–H and O–H groups in total. The highest BCUT2D eigenvalue weighted by Gasteiger charge is 2.44. The lowest BCUT2D eigenvalue weighted by Crippen LogP contribution is -2.54. The van der Waals surface area contributed by atoms with Gasteiger partial charge in [0.05, 0.1) is 6.42 Å². The molecule has 0 unspecified atom stereocenters. The van der Waals surface area contributed by atoms with Crippen LogP contribution in [0.5, 0.6) is 0 Å². The Morgan fingerprint density at radius 2 is 2.11 bits per heavy atom. The Hall–Kier alpha value is -2.93. The molecule has 0 fully saturated rings. The lowest BCUT2D eigenvalue weighted by atomic mass is 9.79. The zero-order valence-corrected chi connectivity index (χ0v) is 16.2. The summed E-state index contributed by atoms with van der Waals surface area (Å²) < 4.78 is 0. The molecule has 3 heterocycles. The molecular weight excluding hydrogens is 374 g/mol. The van der Waals surface area contributed by atoms with Crippen LogP contribution in [0.1, 0.15) is 33.1 Å². The number of rotatable bonds is 5. The predicted octanol–water partition coefficient (Wildman–Crippen LogP) is 2.31. The van der Waals surface area contributed by atoms with Crippen molar-refractivity contribution < 1.29 is 14.4 Å². The molecule has 28 heavy (non-hydrogen) atoms. The van der Waals surface area contributed by atoms with Gasteiger partial charge in [0.1, 0.15) is 6.04 Å². The molecule has 1 aromatic heterocycles. The minimum absolute atomic E-state index is 0.0351. The average molecular weight is 395 g/mol.